The molecule has 0 atom stereocenters. The lowest BCUT2D eigenvalue weighted by molar-refractivity contribution is 0.112. The second-order valence-corrected chi connectivity index (χ2v) is 7.26. The van der Waals surface area contributed by atoms with Crippen molar-refractivity contribution < 1.29 is 9.53 Å². The summed E-state index contributed by atoms with van der Waals surface area (Å²) in [7, 11) is 1.67. The van der Waals surface area contributed by atoms with Gasteiger partial charge in [0.2, 0.25) is 0 Å². The highest BCUT2D eigenvalue weighted by atomic mass is 16.5. The van der Waals surface area contributed by atoms with Gasteiger partial charge in [-0.3, -0.25) is 9.78 Å². The topological polar surface area (TPSA) is 42.4 Å². The minimum atomic E-state index is 0.568. The average Bonchev–Trinajstić information content (AvgIpc) is 3.09. The first kappa shape index (κ1) is 15.4. The van der Waals surface area contributed by atoms with E-state index in [4.69, 9.17) is 4.74 Å². The monoisotopic (exact) mass is 324 g/mol. The maximum absolute atomic E-state index is 11.6. The van der Waals surface area contributed by atoms with Gasteiger partial charge >= 0.3 is 0 Å². The summed E-state index contributed by atoms with van der Waals surface area (Å²) in [5, 5.41) is 1.02. The van der Waals surface area contributed by atoms with Gasteiger partial charge in [0.25, 0.3) is 0 Å². The molecule has 1 aliphatic heterocycles. The van der Waals surface area contributed by atoms with E-state index in [1.54, 1.807) is 13.3 Å². The van der Waals surface area contributed by atoms with Crippen molar-refractivity contribution >= 4 is 22.9 Å². The molecule has 2 aromatic rings. The number of carbonyl (C=O) groups is 1. The third-order valence-electron chi connectivity index (χ3n) is 6.01. The van der Waals surface area contributed by atoms with Gasteiger partial charge < -0.3 is 9.64 Å². The van der Waals surface area contributed by atoms with Crippen LogP contribution in [0.15, 0.2) is 24.4 Å². The molecule has 1 aromatic heterocycles. The first-order valence-corrected chi connectivity index (χ1v) is 8.92. The van der Waals surface area contributed by atoms with Crippen LogP contribution in [0.5, 0.6) is 5.75 Å². The second kappa shape index (κ2) is 6.08. The Bertz CT molecular complexity index is 756. The van der Waals surface area contributed by atoms with E-state index >= 15 is 0 Å². The molecular weight excluding hydrogens is 300 g/mol. The number of rotatable bonds is 3. The zero-order valence-corrected chi connectivity index (χ0v) is 14.3. The fourth-order valence-corrected chi connectivity index (χ4v) is 4.57. The fourth-order valence-electron chi connectivity index (χ4n) is 4.57. The van der Waals surface area contributed by atoms with E-state index in [1.807, 2.05) is 18.2 Å². The number of fused-ring (bicyclic) bond motifs is 1. The number of methoxy groups -OCH3 is 1. The zero-order valence-electron chi connectivity index (χ0n) is 14.3. The maximum atomic E-state index is 11.6. The number of hydrogen-bond donors (Lipinski definition) is 0. The summed E-state index contributed by atoms with van der Waals surface area (Å²) < 4.78 is 5.38. The minimum absolute atomic E-state index is 0.568. The van der Waals surface area contributed by atoms with E-state index in [-0.39, 0.29) is 0 Å². The van der Waals surface area contributed by atoms with Crippen molar-refractivity contribution in [3.63, 3.8) is 0 Å². The number of hydrogen-bond acceptors (Lipinski definition) is 4. The number of piperidine rings is 1. The Hall–Kier alpha value is -2.10. The lowest BCUT2D eigenvalue weighted by Gasteiger charge is -2.41. The van der Waals surface area contributed by atoms with Crippen LogP contribution in [-0.4, -0.2) is 31.5 Å². The lowest BCUT2D eigenvalue weighted by Crippen LogP contribution is -2.39. The Balaban J connectivity index is 1.73. The maximum Gasteiger partial charge on any atom is 0.153 e. The highest BCUT2D eigenvalue weighted by Crippen LogP contribution is 2.47. The van der Waals surface area contributed by atoms with Crippen molar-refractivity contribution in [3.05, 3.63) is 30.0 Å². The van der Waals surface area contributed by atoms with Gasteiger partial charge in [-0.05, 0) is 49.3 Å². The number of anilines is 1. The van der Waals surface area contributed by atoms with Crippen LogP contribution in [0.1, 0.15) is 48.9 Å². The van der Waals surface area contributed by atoms with E-state index in [0.29, 0.717) is 11.0 Å². The van der Waals surface area contributed by atoms with E-state index < -0.39 is 0 Å². The molecule has 0 unspecified atom stereocenters. The average molecular weight is 324 g/mol. The van der Waals surface area contributed by atoms with Gasteiger partial charge in [-0.2, -0.15) is 0 Å². The molecule has 4 rings (SSSR count). The van der Waals surface area contributed by atoms with Crippen molar-refractivity contribution in [1.29, 1.82) is 0 Å². The standard InChI is InChI=1S/C20H24N2O2/c1-24-16-4-5-18-17(12-16)19(15(14-23)13-21-18)22-10-8-20(9-11-22)6-2-3-7-20/h4-5,12-14H,2-3,6-11H2,1H3. The molecule has 0 amide bonds. The van der Waals surface area contributed by atoms with Crippen molar-refractivity contribution in [1.82, 2.24) is 4.98 Å². The van der Waals surface area contributed by atoms with Crippen LogP contribution in [0.4, 0.5) is 5.69 Å². The number of aromatic nitrogens is 1. The second-order valence-electron chi connectivity index (χ2n) is 7.26. The highest BCUT2D eigenvalue weighted by molar-refractivity contribution is 6.01. The molecule has 126 valence electrons. The largest absolute Gasteiger partial charge is 0.497 e. The Kier molecular flexibility index (Phi) is 3.91. The summed E-state index contributed by atoms with van der Waals surface area (Å²) in [5.74, 6) is 0.804. The van der Waals surface area contributed by atoms with Gasteiger partial charge in [0, 0.05) is 24.7 Å². The molecule has 2 fully saturated rings. The molecule has 1 aromatic carbocycles. The van der Waals surface area contributed by atoms with Gasteiger partial charge in [0.1, 0.15) is 5.75 Å². The molecule has 1 aliphatic carbocycles. The van der Waals surface area contributed by atoms with Gasteiger partial charge in [-0.15, -0.1) is 0 Å². The lowest BCUT2D eigenvalue weighted by atomic mass is 9.77. The van der Waals surface area contributed by atoms with Crippen LogP contribution in [0.2, 0.25) is 0 Å². The van der Waals surface area contributed by atoms with E-state index in [9.17, 15) is 4.79 Å². The molecule has 0 bridgehead atoms. The van der Waals surface area contributed by atoms with Gasteiger partial charge in [0.05, 0.1) is 23.9 Å². The van der Waals surface area contributed by atoms with Crippen molar-refractivity contribution in [2.45, 2.75) is 38.5 Å². The van der Waals surface area contributed by atoms with Crippen molar-refractivity contribution in [2.24, 2.45) is 5.41 Å². The number of ether oxygens (including phenoxy) is 1. The summed E-state index contributed by atoms with van der Waals surface area (Å²) in [6, 6.07) is 5.89. The molecule has 2 aliphatic rings. The number of carbonyl (C=O) groups excluding carboxylic acids is 1. The van der Waals surface area contributed by atoms with Gasteiger partial charge in [-0.1, -0.05) is 12.8 Å². The predicted molar refractivity (Wildman–Crippen MR) is 96.0 cm³/mol. The van der Waals surface area contributed by atoms with Gasteiger partial charge in [-0.25, -0.2) is 0 Å². The van der Waals surface area contributed by atoms with Crippen LogP contribution in [0.25, 0.3) is 10.9 Å². The molecular formula is C20H24N2O2. The van der Waals surface area contributed by atoms with E-state index in [2.05, 4.69) is 9.88 Å². The van der Waals surface area contributed by atoms with Crippen LogP contribution >= 0.6 is 0 Å². The molecule has 24 heavy (non-hydrogen) atoms. The smallest absolute Gasteiger partial charge is 0.153 e. The zero-order chi connectivity index (χ0) is 16.6. The third-order valence-corrected chi connectivity index (χ3v) is 6.01. The Morgan fingerprint density at radius 3 is 2.58 bits per heavy atom. The molecule has 4 nitrogen and oxygen atoms in total. The number of pyridine rings is 1. The van der Waals surface area contributed by atoms with Crippen LogP contribution in [0, 0.1) is 5.41 Å². The van der Waals surface area contributed by atoms with E-state index in [1.165, 1.54) is 38.5 Å². The summed E-state index contributed by atoms with van der Waals surface area (Å²) in [5.41, 5.74) is 3.19. The molecule has 1 saturated carbocycles. The minimum Gasteiger partial charge on any atom is -0.497 e. The predicted octanol–water partition coefficient (Wildman–Crippen LogP) is 4.22. The quantitative estimate of drug-likeness (QED) is 0.793. The van der Waals surface area contributed by atoms with E-state index in [0.717, 1.165) is 41.7 Å². The Morgan fingerprint density at radius 2 is 1.92 bits per heavy atom. The molecule has 0 N–H and O–H groups in total. The molecule has 4 heteroatoms. The van der Waals surface area contributed by atoms with Crippen LogP contribution < -0.4 is 9.64 Å². The Morgan fingerprint density at radius 1 is 1.17 bits per heavy atom. The van der Waals surface area contributed by atoms with Gasteiger partial charge in [0.15, 0.2) is 6.29 Å². The highest BCUT2D eigenvalue weighted by Gasteiger charge is 2.37. The summed E-state index contributed by atoms with van der Waals surface area (Å²) >= 11 is 0. The van der Waals surface area contributed by atoms with Crippen molar-refractivity contribution in [3.8, 4) is 5.75 Å². The van der Waals surface area contributed by atoms with Crippen molar-refractivity contribution in [2.75, 3.05) is 25.1 Å². The number of aldehydes is 1. The number of nitrogens with zero attached hydrogens (tertiary/aromatic N) is 2. The fraction of sp³-hybridized carbons (Fsp3) is 0.500. The molecule has 1 saturated heterocycles. The normalized spacial score (nSPS) is 19.8. The van der Waals surface area contributed by atoms with Crippen LogP contribution in [-0.2, 0) is 0 Å². The third kappa shape index (κ3) is 2.54. The van der Waals surface area contributed by atoms with Crippen LogP contribution in [0.3, 0.4) is 0 Å². The number of benzene rings is 1. The first-order valence-electron chi connectivity index (χ1n) is 8.92. The molecule has 0 radical (unpaired) electrons. The Labute approximate surface area is 142 Å². The summed E-state index contributed by atoms with van der Waals surface area (Å²) in [4.78, 5) is 18.4. The summed E-state index contributed by atoms with van der Waals surface area (Å²) in [6.07, 6.45) is 10.6. The molecule has 2 heterocycles. The SMILES string of the molecule is COc1ccc2ncc(C=O)c(N3CCC4(CCCC4)CC3)c2c1. The first-order chi connectivity index (χ1) is 11.7. The summed E-state index contributed by atoms with van der Waals surface area (Å²) in [6.45, 7) is 2.05. The molecule has 1 spiro atoms.